The van der Waals surface area contributed by atoms with Gasteiger partial charge in [0, 0.05) is 13.0 Å². The molecule has 1 fully saturated rings. The quantitative estimate of drug-likeness (QED) is 0.671. The van der Waals surface area contributed by atoms with E-state index in [0.29, 0.717) is 28.1 Å². The number of amides is 2. The predicted molar refractivity (Wildman–Crippen MR) is 119 cm³/mol. The molecule has 1 aliphatic heterocycles. The summed E-state index contributed by atoms with van der Waals surface area (Å²) < 4.78 is 5.14. The van der Waals surface area contributed by atoms with E-state index >= 15 is 0 Å². The van der Waals surface area contributed by atoms with Gasteiger partial charge in [0.05, 0.1) is 28.5 Å². The number of aliphatic imine (C=N–C) groups is 1. The molecule has 29 heavy (non-hydrogen) atoms. The summed E-state index contributed by atoms with van der Waals surface area (Å²) in [6, 6.07) is 12.2. The van der Waals surface area contributed by atoms with Crippen LogP contribution in [0.5, 0.6) is 5.75 Å². The van der Waals surface area contributed by atoms with Crippen LogP contribution in [0.3, 0.4) is 0 Å². The lowest BCUT2D eigenvalue weighted by Gasteiger charge is -2.13. The SMILES string of the molecule is CCN1C(=O)C(CC(=O)Nc2cccc(Cl)c2Cl)SC1=Nc1ccc(OC)cc1. The molecule has 9 heteroatoms. The van der Waals surface area contributed by atoms with Gasteiger partial charge < -0.3 is 10.1 Å². The number of nitrogens with zero attached hydrogens (tertiary/aromatic N) is 2. The molecule has 152 valence electrons. The molecule has 0 saturated carbocycles. The predicted octanol–water partition coefficient (Wildman–Crippen LogP) is 4.98. The van der Waals surface area contributed by atoms with Crippen molar-refractivity contribution in [2.75, 3.05) is 19.0 Å². The molecule has 1 aliphatic rings. The summed E-state index contributed by atoms with van der Waals surface area (Å²) in [6.07, 6.45) is 0.00444. The zero-order chi connectivity index (χ0) is 21.0. The second kappa shape index (κ2) is 9.52. The molecule has 1 heterocycles. The van der Waals surface area contributed by atoms with Crippen molar-refractivity contribution in [1.82, 2.24) is 4.90 Å². The van der Waals surface area contributed by atoms with Gasteiger partial charge in [-0.15, -0.1) is 0 Å². The number of methoxy groups -OCH3 is 1. The zero-order valence-electron chi connectivity index (χ0n) is 15.8. The Labute approximate surface area is 183 Å². The average molecular weight is 452 g/mol. The number of rotatable bonds is 6. The van der Waals surface area contributed by atoms with Crippen LogP contribution < -0.4 is 10.1 Å². The van der Waals surface area contributed by atoms with Crippen molar-refractivity contribution < 1.29 is 14.3 Å². The fraction of sp³-hybridized carbons (Fsp3) is 0.250. The second-order valence-corrected chi connectivity index (χ2v) is 8.09. The maximum absolute atomic E-state index is 12.7. The molecule has 1 unspecified atom stereocenters. The van der Waals surface area contributed by atoms with E-state index < -0.39 is 5.25 Å². The molecule has 1 saturated heterocycles. The van der Waals surface area contributed by atoms with E-state index in [1.165, 1.54) is 11.8 Å². The number of nitrogens with one attached hydrogen (secondary N) is 1. The number of hydrogen-bond acceptors (Lipinski definition) is 5. The Morgan fingerprint density at radius 2 is 1.97 bits per heavy atom. The number of hydrogen-bond donors (Lipinski definition) is 1. The third-order valence-electron chi connectivity index (χ3n) is 4.23. The number of thioether (sulfide) groups is 1. The summed E-state index contributed by atoms with van der Waals surface area (Å²) in [4.78, 5) is 31.3. The van der Waals surface area contributed by atoms with Crippen molar-refractivity contribution in [2.24, 2.45) is 4.99 Å². The maximum Gasteiger partial charge on any atom is 0.242 e. The highest BCUT2D eigenvalue weighted by atomic mass is 35.5. The molecule has 0 aromatic heterocycles. The lowest BCUT2D eigenvalue weighted by atomic mass is 10.2. The van der Waals surface area contributed by atoms with Crippen molar-refractivity contribution in [1.29, 1.82) is 0 Å². The fourth-order valence-corrected chi connectivity index (χ4v) is 4.32. The highest BCUT2D eigenvalue weighted by Gasteiger charge is 2.38. The Hall–Kier alpha value is -2.22. The van der Waals surface area contributed by atoms with Gasteiger partial charge in [0.2, 0.25) is 11.8 Å². The van der Waals surface area contributed by atoms with Crippen molar-refractivity contribution in [3.63, 3.8) is 0 Å². The lowest BCUT2D eigenvalue weighted by molar-refractivity contribution is -0.128. The summed E-state index contributed by atoms with van der Waals surface area (Å²) in [5.41, 5.74) is 1.12. The van der Waals surface area contributed by atoms with Gasteiger partial charge in [-0.3, -0.25) is 14.5 Å². The summed E-state index contributed by atoms with van der Waals surface area (Å²) >= 11 is 13.4. The van der Waals surface area contributed by atoms with Gasteiger partial charge in [-0.2, -0.15) is 0 Å². The van der Waals surface area contributed by atoms with Gasteiger partial charge in [0.15, 0.2) is 5.17 Å². The van der Waals surface area contributed by atoms with Crippen molar-refractivity contribution >= 4 is 63.3 Å². The first-order valence-electron chi connectivity index (χ1n) is 8.87. The van der Waals surface area contributed by atoms with Crippen LogP contribution in [-0.4, -0.2) is 40.8 Å². The maximum atomic E-state index is 12.7. The Morgan fingerprint density at radius 3 is 2.62 bits per heavy atom. The number of anilines is 1. The Balaban J connectivity index is 1.71. The first kappa shape index (κ1) is 21.5. The van der Waals surface area contributed by atoms with Crippen molar-refractivity contribution in [2.45, 2.75) is 18.6 Å². The van der Waals surface area contributed by atoms with Gasteiger partial charge in [0.25, 0.3) is 0 Å². The first-order valence-corrected chi connectivity index (χ1v) is 10.5. The van der Waals surface area contributed by atoms with E-state index in [0.717, 1.165) is 5.75 Å². The number of halogens is 2. The number of benzene rings is 2. The average Bonchev–Trinajstić information content (AvgIpc) is 3.00. The summed E-state index contributed by atoms with van der Waals surface area (Å²) in [5, 5.41) is 3.35. The summed E-state index contributed by atoms with van der Waals surface area (Å²) in [5.74, 6) is 0.268. The molecule has 0 spiro atoms. The Bertz CT molecular complexity index is 950. The van der Waals surface area contributed by atoms with Crippen LogP contribution in [-0.2, 0) is 9.59 Å². The van der Waals surface area contributed by atoms with Gasteiger partial charge >= 0.3 is 0 Å². The van der Waals surface area contributed by atoms with Crippen LogP contribution in [0.1, 0.15) is 13.3 Å². The normalized spacial score (nSPS) is 17.7. The smallest absolute Gasteiger partial charge is 0.242 e. The third-order valence-corrected chi connectivity index (χ3v) is 6.22. The third kappa shape index (κ3) is 5.04. The first-order chi connectivity index (χ1) is 13.9. The van der Waals surface area contributed by atoms with E-state index in [4.69, 9.17) is 27.9 Å². The molecular formula is C20H19Cl2N3O3S. The number of carbonyl (C=O) groups excluding carboxylic acids is 2. The molecule has 0 radical (unpaired) electrons. The van der Waals surface area contributed by atoms with Crippen LogP contribution in [0.15, 0.2) is 47.5 Å². The Kier molecular flexibility index (Phi) is 7.05. The van der Waals surface area contributed by atoms with Crippen molar-refractivity contribution in [3.05, 3.63) is 52.5 Å². The molecular weight excluding hydrogens is 433 g/mol. The largest absolute Gasteiger partial charge is 0.497 e. The number of ether oxygens (including phenoxy) is 1. The topological polar surface area (TPSA) is 71.0 Å². The van der Waals surface area contributed by atoms with Gasteiger partial charge in [0.1, 0.15) is 11.0 Å². The van der Waals surface area contributed by atoms with Gasteiger partial charge in [-0.1, -0.05) is 41.0 Å². The number of amidine groups is 1. The summed E-state index contributed by atoms with van der Waals surface area (Å²) in [6.45, 7) is 2.34. The zero-order valence-corrected chi connectivity index (χ0v) is 18.1. The van der Waals surface area contributed by atoms with E-state index in [1.807, 2.05) is 19.1 Å². The number of carbonyl (C=O) groups is 2. The molecule has 1 atom stereocenters. The Morgan fingerprint density at radius 1 is 1.24 bits per heavy atom. The molecule has 3 rings (SSSR count). The molecule has 1 N–H and O–H groups in total. The van der Waals surface area contributed by atoms with E-state index in [1.54, 1.807) is 42.3 Å². The molecule has 6 nitrogen and oxygen atoms in total. The van der Waals surface area contributed by atoms with Crippen molar-refractivity contribution in [3.8, 4) is 5.75 Å². The minimum atomic E-state index is -0.551. The minimum absolute atomic E-state index is 0.00444. The monoisotopic (exact) mass is 451 g/mol. The van der Waals surface area contributed by atoms with Crippen LogP contribution in [0.25, 0.3) is 0 Å². The van der Waals surface area contributed by atoms with Crippen LogP contribution in [0.2, 0.25) is 10.0 Å². The fourth-order valence-electron chi connectivity index (χ4n) is 2.75. The van der Waals surface area contributed by atoms with E-state index in [-0.39, 0.29) is 23.3 Å². The van der Waals surface area contributed by atoms with Crippen LogP contribution in [0.4, 0.5) is 11.4 Å². The van der Waals surface area contributed by atoms with E-state index in [9.17, 15) is 9.59 Å². The van der Waals surface area contributed by atoms with Crippen LogP contribution >= 0.6 is 35.0 Å². The van der Waals surface area contributed by atoms with Crippen LogP contribution in [0, 0.1) is 0 Å². The minimum Gasteiger partial charge on any atom is -0.497 e. The molecule has 0 aliphatic carbocycles. The van der Waals surface area contributed by atoms with Gasteiger partial charge in [-0.05, 0) is 43.3 Å². The highest BCUT2D eigenvalue weighted by molar-refractivity contribution is 8.15. The highest BCUT2D eigenvalue weighted by Crippen LogP contribution is 2.33. The standard InChI is InChI=1S/C20H19Cl2N3O3S/c1-3-25-19(27)16(11-17(26)24-15-6-4-5-14(21)18(15)22)29-20(25)23-12-7-9-13(28-2)10-8-12/h4-10,16H,3,11H2,1-2H3,(H,24,26). The molecule has 2 aromatic rings. The van der Waals surface area contributed by atoms with Gasteiger partial charge in [-0.25, -0.2) is 4.99 Å². The lowest BCUT2D eigenvalue weighted by Crippen LogP contribution is -2.33. The molecule has 0 bridgehead atoms. The summed E-state index contributed by atoms with van der Waals surface area (Å²) in [7, 11) is 1.59. The second-order valence-electron chi connectivity index (χ2n) is 6.14. The molecule has 2 aromatic carbocycles. The molecule has 2 amide bonds. The van der Waals surface area contributed by atoms with E-state index in [2.05, 4.69) is 10.3 Å².